The molecule has 0 aliphatic carbocycles. The lowest BCUT2D eigenvalue weighted by molar-refractivity contribution is -0.140. The van der Waals surface area contributed by atoms with Crippen molar-refractivity contribution in [2.75, 3.05) is 12.8 Å². The van der Waals surface area contributed by atoms with Crippen molar-refractivity contribution >= 4 is 23.6 Å². The average molecular weight is 399 g/mol. The zero-order valence-corrected chi connectivity index (χ0v) is 17.8. The Labute approximate surface area is 172 Å². The molecule has 28 heavy (non-hydrogen) atoms. The molecule has 2 aromatic rings. The lowest BCUT2D eigenvalue weighted by atomic mass is 10.1. The minimum absolute atomic E-state index is 0.0271. The van der Waals surface area contributed by atoms with Crippen LogP contribution < -0.4 is 5.32 Å². The van der Waals surface area contributed by atoms with Gasteiger partial charge in [-0.05, 0) is 30.0 Å². The van der Waals surface area contributed by atoms with E-state index in [2.05, 4.69) is 17.4 Å². The van der Waals surface area contributed by atoms with E-state index in [0.29, 0.717) is 19.4 Å². The van der Waals surface area contributed by atoms with E-state index in [9.17, 15) is 9.59 Å². The first kappa shape index (κ1) is 22.0. The van der Waals surface area contributed by atoms with Crippen LogP contribution in [-0.2, 0) is 21.9 Å². The van der Waals surface area contributed by atoms with Gasteiger partial charge in [0.2, 0.25) is 11.8 Å². The number of amides is 2. The standard InChI is InChI=1S/C23H30N2O2S/c1-4-21(23(27)24-3)25(16-20-13-9-8-10-18(20)2)22(26)14-15-28-17-19-11-6-5-7-12-19/h5-13,21H,4,14-17H2,1-3H3,(H,24,27). The van der Waals surface area contributed by atoms with Crippen LogP contribution in [0.15, 0.2) is 54.6 Å². The number of aryl methyl sites for hydroxylation is 1. The Morgan fingerprint density at radius 2 is 1.75 bits per heavy atom. The lowest BCUT2D eigenvalue weighted by Gasteiger charge is -2.30. The molecule has 0 aromatic heterocycles. The van der Waals surface area contributed by atoms with Gasteiger partial charge < -0.3 is 10.2 Å². The van der Waals surface area contributed by atoms with Crippen LogP contribution in [0.4, 0.5) is 0 Å². The van der Waals surface area contributed by atoms with Gasteiger partial charge in [-0.2, -0.15) is 11.8 Å². The molecule has 4 nitrogen and oxygen atoms in total. The van der Waals surface area contributed by atoms with E-state index < -0.39 is 6.04 Å². The van der Waals surface area contributed by atoms with E-state index in [1.807, 2.05) is 56.3 Å². The summed E-state index contributed by atoms with van der Waals surface area (Å²) in [5, 5.41) is 2.70. The number of carbonyl (C=O) groups excluding carboxylic acids is 2. The number of nitrogens with zero attached hydrogens (tertiary/aromatic N) is 1. The summed E-state index contributed by atoms with van der Waals surface area (Å²) in [7, 11) is 1.62. The highest BCUT2D eigenvalue weighted by atomic mass is 32.2. The summed E-state index contributed by atoms with van der Waals surface area (Å²) in [5.74, 6) is 1.54. The van der Waals surface area contributed by atoms with Crippen molar-refractivity contribution in [3.8, 4) is 0 Å². The van der Waals surface area contributed by atoms with E-state index in [-0.39, 0.29) is 11.8 Å². The highest BCUT2D eigenvalue weighted by Gasteiger charge is 2.27. The predicted molar refractivity (Wildman–Crippen MR) is 117 cm³/mol. The Kier molecular flexibility index (Phi) is 9.08. The highest BCUT2D eigenvalue weighted by Crippen LogP contribution is 2.18. The number of rotatable bonds is 10. The van der Waals surface area contributed by atoms with Crippen LogP contribution >= 0.6 is 11.8 Å². The molecular weight excluding hydrogens is 368 g/mol. The van der Waals surface area contributed by atoms with Crippen molar-refractivity contribution in [2.45, 2.75) is 45.0 Å². The Hall–Kier alpha value is -2.27. The van der Waals surface area contributed by atoms with E-state index in [0.717, 1.165) is 22.6 Å². The Bertz CT molecular complexity index is 764. The van der Waals surface area contributed by atoms with Crippen LogP contribution in [0.3, 0.4) is 0 Å². The fraction of sp³-hybridized carbons (Fsp3) is 0.391. The number of hydrogen-bond acceptors (Lipinski definition) is 3. The van der Waals surface area contributed by atoms with Gasteiger partial charge in [-0.3, -0.25) is 9.59 Å². The van der Waals surface area contributed by atoms with Crippen molar-refractivity contribution < 1.29 is 9.59 Å². The topological polar surface area (TPSA) is 49.4 Å². The highest BCUT2D eigenvalue weighted by molar-refractivity contribution is 7.98. The summed E-state index contributed by atoms with van der Waals surface area (Å²) in [5.41, 5.74) is 3.47. The predicted octanol–water partition coefficient (Wildman–Crippen LogP) is 4.17. The lowest BCUT2D eigenvalue weighted by Crippen LogP contribution is -2.48. The molecule has 5 heteroatoms. The molecule has 2 aromatic carbocycles. The molecule has 2 rings (SSSR count). The van der Waals surface area contributed by atoms with Crippen LogP contribution in [-0.4, -0.2) is 35.6 Å². The maximum Gasteiger partial charge on any atom is 0.242 e. The number of benzene rings is 2. The van der Waals surface area contributed by atoms with Gasteiger partial charge in [0.25, 0.3) is 0 Å². The quantitative estimate of drug-likeness (QED) is 0.611. The van der Waals surface area contributed by atoms with Crippen LogP contribution in [0.25, 0.3) is 0 Å². The van der Waals surface area contributed by atoms with Crippen molar-refractivity contribution in [3.63, 3.8) is 0 Å². The molecule has 150 valence electrons. The van der Waals surface area contributed by atoms with Crippen molar-refractivity contribution in [2.24, 2.45) is 0 Å². The smallest absolute Gasteiger partial charge is 0.242 e. The molecule has 0 bridgehead atoms. The maximum atomic E-state index is 13.0. The van der Waals surface area contributed by atoms with E-state index in [4.69, 9.17) is 0 Å². The Balaban J connectivity index is 2.03. The zero-order valence-electron chi connectivity index (χ0n) is 17.0. The summed E-state index contributed by atoms with van der Waals surface area (Å²) in [6.07, 6.45) is 1.02. The molecule has 0 fully saturated rings. The summed E-state index contributed by atoms with van der Waals surface area (Å²) in [4.78, 5) is 27.1. The van der Waals surface area contributed by atoms with Crippen LogP contribution in [0.1, 0.15) is 36.5 Å². The fourth-order valence-corrected chi connectivity index (χ4v) is 4.02. The number of thioether (sulfide) groups is 1. The molecule has 0 aliphatic rings. The first-order valence-electron chi connectivity index (χ1n) is 9.74. The normalized spacial score (nSPS) is 11.7. The number of nitrogens with one attached hydrogen (secondary N) is 1. The molecule has 0 saturated carbocycles. The SMILES string of the molecule is CCC(C(=O)NC)N(Cc1ccccc1C)C(=O)CCSCc1ccccc1. The molecule has 1 N–H and O–H groups in total. The van der Waals surface area contributed by atoms with Crippen molar-refractivity contribution in [3.05, 3.63) is 71.3 Å². The molecule has 2 amide bonds. The van der Waals surface area contributed by atoms with E-state index in [1.54, 1.807) is 23.7 Å². The first-order chi connectivity index (χ1) is 13.6. The summed E-state index contributed by atoms with van der Waals surface area (Å²) in [6.45, 7) is 4.44. The van der Waals surface area contributed by atoms with Gasteiger partial charge in [0.1, 0.15) is 6.04 Å². The molecule has 0 heterocycles. The third-order valence-electron chi connectivity index (χ3n) is 4.81. The second-order valence-electron chi connectivity index (χ2n) is 6.77. The van der Waals surface area contributed by atoms with Crippen LogP contribution in [0, 0.1) is 6.92 Å². The molecule has 1 atom stereocenters. The monoisotopic (exact) mass is 398 g/mol. The first-order valence-corrected chi connectivity index (χ1v) is 10.9. The van der Waals surface area contributed by atoms with Gasteiger partial charge in [0, 0.05) is 31.5 Å². The molecule has 0 spiro atoms. The van der Waals surface area contributed by atoms with Crippen molar-refractivity contribution in [1.29, 1.82) is 0 Å². The summed E-state index contributed by atoms with van der Waals surface area (Å²) < 4.78 is 0. The second-order valence-corrected chi connectivity index (χ2v) is 7.88. The molecule has 0 radical (unpaired) electrons. The summed E-state index contributed by atoms with van der Waals surface area (Å²) >= 11 is 1.75. The average Bonchev–Trinajstić information content (AvgIpc) is 2.72. The van der Waals surface area contributed by atoms with Gasteiger partial charge in [0.15, 0.2) is 0 Å². The van der Waals surface area contributed by atoms with Gasteiger partial charge in [-0.15, -0.1) is 0 Å². The number of hydrogen-bond donors (Lipinski definition) is 1. The Morgan fingerprint density at radius 3 is 2.39 bits per heavy atom. The molecule has 0 aliphatic heterocycles. The van der Waals surface area contributed by atoms with E-state index in [1.165, 1.54) is 5.56 Å². The van der Waals surface area contributed by atoms with Crippen molar-refractivity contribution in [1.82, 2.24) is 10.2 Å². The Morgan fingerprint density at radius 1 is 1.07 bits per heavy atom. The third kappa shape index (κ3) is 6.41. The molecule has 0 saturated heterocycles. The van der Waals surface area contributed by atoms with Gasteiger partial charge in [0.05, 0.1) is 0 Å². The van der Waals surface area contributed by atoms with Crippen LogP contribution in [0.2, 0.25) is 0 Å². The minimum atomic E-state index is -0.448. The number of carbonyl (C=O) groups is 2. The summed E-state index contributed by atoms with van der Waals surface area (Å²) in [6, 6.07) is 17.8. The largest absolute Gasteiger partial charge is 0.357 e. The van der Waals surface area contributed by atoms with Gasteiger partial charge in [-0.25, -0.2) is 0 Å². The second kappa shape index (κ2) is 11.5. The maximum absolute atomic E-state index is 13.0. The zero-order chi connectivity index (χ0) is 20.4. The minimum Gasteiger partial charge on any atom is -0.357 e. The number of likely N-dealkylation sites (N-methyl/N-ethyl adjacent to an activating group) is 1. The third-order valence-corrected chi connectivity index (χ3v) is 5.84. The van der Waals surface area contributed by atoms with E-state index >= 15 is 0 Å². The fourth-order valence-electron chi connectivity index (χ4n) is 3.12. The van der Waals surface area contributed by atoms with Gasteiger partial charge in [-0.1, -0.05) is 61.5 Å². The van der Waals surface area contributed by atoms with Crippen LogP contribution in [0.5, 0.6) is 0 Å². The van der Waals surface area contributed by atoms with Gasteiger partial charge >= 0.3 is 0 Å². The molecule has 1 unspecified atom stereocenters. The molecular formula is C23H30N2O2S.